The Morgan fingerprint density at radius 3 is 2.67 bits per heavy atom. The first-order valence-corrected chi connectivity index (χ1v) is 7.59. The molecular formula is C16H24N2O3. The molecule has 0 spiro atoms. The number of rotatable bonds is 7. The van der Waals surface area contributed by atoms with Gasteiger partial charge >= 0.3 is 0 Å². The second-order valence-electron chi connectivity index (χ2n) is 5.75. The van der Waals surface area contributed by atoms with E-state index in [1.54, 1.807) is 6.07 Å². The molecule has 4 N–H and O–H groups in total. The number of amides is 1. The lowest BCUT2D eigenvalue weighted by molar-refractivity contribution is -0.133. The average molecular weight is 292 g/mol. The summed E-state index contributed by atoms with van der Waals surface area (Å²) in [5.41, 5.74) is 6.79. The van der Waals surface area contributed by atoms with Crippen LogP contribution in [0.1, 0.15) is 38.2 Å². The van der Waals surface area contributed by atoms with E-state index in [0.717, 1.165) is 37.8 Å². The summed E-state index contributed by atoms with van der Waals surface area (Å²) in [6.07, 6.45) is 4.55. The molecule has 1 fully saturated rings. The van der Waals surface area contributed by atoms with Crippen LogP contribution in [0.5, 0.6) is 11.5 Å². The SMILES string of the molecule is CCCCN(C(=O)[C@@H](N)Cc1ccc(O)c(O)c1)C1CC1. The molecule has 1 aromatic carbocycles. The zero-order valence-electron chi connectivity index (χ0n) is 12.5. The highest BCUT2D eigenvalue weighted by atomic mass is 16.3. The smallest absolute Gasteiger partial charge is 0.240 e. The van der Waals surface area contributed by atoms with Gasteiger partial charge in [0.1, 0.15) is 0 Å². The van der Waals surface area contributed by atoms with E-state index in [2.05, 4.69) is 6.92 Å². The van der Waals surface area contributed by atoms with Crippen molar-refractivity contribution in [3.8, 4) is 11.5 Å². The van der Waals surface area contributed by atoms with E-state index in [1.807, 2.05) is 4.90 Å². The number of phenolic OH excluding ortho intramolecular Hbond substituents is 2. The maximum atomic E-state index is 12.5. The molecule has 0 unspecified atom stereocenters. The van der Waals surface area contributed by atoms with Gasteiger partial charge < -0.3 is 20.8 Å². The Morgan fingerprint density at radius 2 is 2.10 bits per heavy atom. The number of carbonyl (C=O) groups is 1. The molecule has 1 aliphatic rings. The number of nitrogens with two attached hydrogens (primary N) is 1. The number of unbranched alkanes of at least 4 members (excludes halogenated alkanes) is 1. The van der Waals surface area contributed by atoms with Gasteiger partial charge in [-0.15, -0.1) is 0 Å². The van der Waals surface area contributed by atoms with Crippen LogP contribution in [0.2, 0.25) is 0 Å². The molecule has 1 aromatic rings. The summed E-state index contributed by atoms with van der Waals surface area (Å²) in [5, 5.41) is 18.8. The summed E-state index contributed by atoms with van der Waals surface area (Å²) in [6, 6.07) is 4.30. The standard InChI is InChI=1S/C16H24N2O3/c1-2-3-8-18(12-5-6-12)16(21)13(17)9-11-4-7-14(19)15(20)10-11/h4,7,10,12-13,19-20H,2-3,5-6,8-9,17H2,1H3/t13-/m0/s1. The van der Waals surface area contributed by atoms with Crippen molar-refractivity contribution in [2.45, 2.75) is 51.1 Å². The normalized spacial score (nSPS) is 15.7. The molecule has 1 atom stereocenters. The van der Waals surface area contributed by atoms with Crippen LogP contribution in [-0.4, -0.2) is 39.6 Å². The minimum Gasteiger partial charge on any atom is -0.504 e. The van der Waals surface area contributed by atoms with Gasteiger partial charge in [0.2, 0.25) is 5.91 Å². The van der Waals surface area contributed by atoms with E-state index >= 15 is 0 Å². The van der Waals surface area contributed by atoms with Gasteiger partial charge in [-0.1, -0.05) is 19.4 Å². The summed E-state index contributed by atoms with van der Waals surface area (Å²) in [6.45, 7) is 2.88. The molecule has 0 saturated heterocycles. The van der Waals surface area contributed by atoms with Gasteiger partial charge in [0.25, 0.3) is 0 Å². The Bertz CT molecular complexity index is 500. The van der Waals surface area contributed by atoms with E-state index in [9.17, 15) is 15.0 Å². The van der Waals surface area contributed by atoms with Gasteiger partial charge in [0, 0.05) is 12.6 Å². The van der Waals surface area contributed by atoms with Gasteiger partial charge in [0.05, 0.1) is 6.04 Å². The van der Waals surface area contributed by atoms with Crippen LogP contribution < -0.4 is 5.73 Å². The summed E-state index contributed by atoms with van der Waals surface area (Å²) >= 11 is 0. The number of hydrogen-bond donors (Lipinski definition) is 3. The molecule has 1 saturated carbocycles. The van der Waals surface area contributed by atoms with Crippen molar-refractivity contribution >= 4 is 5.91 Å². The van der Waals surface area contributed by atoms with Crippen LogP contribution in [0.25, 0.3) is 0 Å². The lowest BCUT2D eigenvalue weighted by Gasteiger charge is -2.25. The van der Waals surface area contributed by atoms with E-state index in [0.29, 0.717) is 12.5 Å². The first-order valence-electron chi connectivity index (χ1n) is 7.59. The Kier molecular flexibility index (Phi) is 5.07. The summed E-state index contributed by atoms with van der Waals surface area (Å²) in [7, 11) is 0. The number of nitrogens with zero attached hydrogens (tertiary/aromatic N) is 1. The van der Waals surface area contributed by atoms with Crippen molar-refractivity contribution in [1.29, 1.82) is 0 Å². The van der Waals surface area contributed by atoms with Crippen LogP contribution in [0, 0.1) is 0 Å². The Hall–Kier alpha value is -1.75. The highest BCUT2D eigenvalue weighted by Gasteiger charge is 2.34. The van der Waals surface area contributed by atoms with Gasteiger partial charge in [-0.2, -0.15) is 0 Å². The molecule has 0 aromatic heterocycles. The van der Waals surface area contributed by atoms with Crippen LogP contribution in [0.3, 0.4) is 0 Å². The quantitative estimate of drug-likeness (QED) is 0.668. The molecule has 1 amide bonds. The van der Waals surface area contributed by atoms with Gasteiger partial charge in [0.15, 0.2) is 11.5 Å². The molecule has 5 heteroatoms. The topological polar surface area (TPSA) is 86.8 Å². The lowest BCUT2D eigenvalue weighted by atomic mass is 10.0. The maximum absolute atomic E-state index is 12.5. The van der Waals surface area contributed by atoms with E-state index in [-0.39, 0.29) is 17.4 Å². The number of benzene rings is 1. The predicted octanol–water partition coefficient (Wildman–Crippen LogP) is 1.76. The Morgan fingerprint density at radius 1 is 1.38 bits per heavy atom. The molecule has 116 valence electrons. The first kappa shape index (κ1) is 15.6. The zero-order chi connectivity index (χ0) is 15.4. The van der Waals surface area contributed by atoms with Crippen LogP contribution in [-0.2, 0) is 11.2 Å². The largest absolute Gasteiger partial charge is 0.504 e. The fourth-order valence-electron chi connectivity index (χ4n) is 2.44. The van der Waals surface area contributed by atoms with Crippen molar-refractivity contribution < 1.29 is 15.0 Å². The fourth-order valence-corrected chi connectivity index (χ4v) is 2.44. The minimum atomic E-state index is -0.605. The number of hydrogen-bond acceptors (Lipinski definition) is 4. The first-order chi connectivity index (χ1) is 10.0. The third-order valence-electron chi connectivity index (χ3n) is 3.84. The molecule has 21 heavy (non-hydrogen) atoms. The highest BCUT2D eigenvalue weighted by molar-refractivity contribution is 5.82. The number of carbonyl (C=O) groups excluding carboxylic acids is 1. The molecule has 1 aliphatic carbocycles. The lowest BCUT2D eigenvalue weighted by Crippen LogP contribution is -2.46. The van der Waals surface area contributed by atoms with Crippen molar-refractivity contribution in [3.05, 3.63) is 23.8 Å². The number of aromatic hydroxyl groups is 2. The second-order valence-corrected chi connectivity index (χ2v) is 5.75. The fraction of sp³-hybridized carbons (Fsp3) is 0.562. The Labute approximate surface area is 125 Å². The van der Waals surface area contributed by atoms with Crippen LogP contribution in [0.15, 0.2) is 18.2 Å². The van der Waals surface area contributed by atoms with Gasteiger partial charge in [-0.3, -0.25) is 4.79 Å². The third kappa shape index (κ3) is 4.11. The average Bonchev–Trinajstić information content (AvgIpc) is 3.27. The zero-order valence-corrected chi connectivity index (χ0v) is 12.5. The van der Waals surface area contributed by atoms with Gasteiger partial charge in [-0.05, 0) is 43.4 Å². The van der Waals surface area contributed by atoms with Crippen molar-refractivity contribution in [3.63, 3.8) is 0 Å². The second kappa shape index (κ2) is 6.80. The minimum absolute atomic E-state index is 0.0153. The maximum Gasteiger partial charge on any atom is 0.240 e. The summed E-state index contributed by atoms with van der Waals surface area (Å²) in [5.74, 6) is -0.364. The monoisotopic (exact) mass is 292 g/mol. The summed E-state index contributed by atoms with van der Waals surface area (Å²) in [4.78, 5) is 14.4. The van der Waals surface area contributed by atoms with E-state index in [1.165, 1.54) is 12.1 Å². The van der Waals surface area contributed by atoms with Crippen LogP contribution in [0.4, 0.5) is 0 Å². The summed E-state index contributed by atoms with van der Waals surface area (Å²) < 4.78 is 0. The molecule has 0 heterocycles. The van der Waals surface area contributed by atoms with E-state index in [4.69, 9.17) is 5.73 Å². The molecule has 5 nitrogen and oxygen atoms in total. The van der Waals surface area contributed by atoms with Crippen molar-refractivity contribution in [2.75, 3.05) is 6.54 Å². The Balaban J connectivity index is 1.98. The van der Waals surface area contributed by atoms with E-state index < -0.39 is 6.04 Å². The molecule has 0 bridgehead atoms. The van der Waals surface area contributed by atoms with Gasteiger partial charge in [-0.25, -0.2) is 0 Å². The van der Waals surface area contributed by atoms with Crippen LogP contribution >= 0.6 is 0 Å². The molecule has 0 aliphatic heterocycles. The molecular weight excluding hydrogens is 268 g/mol. The highest BCUT2D eigenvalue weighted by Crippen LogP contribution is 2.28. The molecule has 2 rings (SSSR count). The molecule has 0 radical (unpaired) electrons. The number of phenols is 2. The third-order valence-corrected chi connectivity index (χ3v) is 3.84. The van der Waals surface area contributed by atoms with Crippen molar-refractivity contribution in [2.24, 2.45) is 5.73 Å². The van der Waals surface area contributed by atoms with Crippen molar-refractivity contribution in [1.82, 2.24) is 4.90 Å². The predicted molar refractivity (Wildman–Crippen MR) is 81.1 cm³/mol.